The third kappa shape index (κ3) is 5.03. The highest BCUT2D eigenvalue weighted by atomic mass is 32.1. The van der Waals surface area contributed by atoms with Gasteiger partial charge in [0, 0.05) is 13.1 Å². The molecule has 2 rings (SSSR count). The second-order valence-corrected chi connectivity index (χ2v) is 5.80. The summed E-state index contributed by atoms with van der Waals surface area (Å²) in [6, 6.07) is 16.9. The number of halogens is 1. The van der Waals surface area contributed by atoms with E-state index < -0.39 is 0 Å². The second kappa shape index (κ2) is 8.63. The Labute approximate surface area is 143 Å². The van der Waals surface area contributed by atoms with Gasteiger partial charge in [-0.3, -0.25) is 0 Å². The number of hydrogen-bond acceptors (Lipinski definition) is 1. The van der Waals surface area contributed by atoms with Crippen LogP contribution in [0.3, 0.4) is 0 Å². The average Bonchev–Trinajstić information content (AvgIpc) is 2.58. The molecule has 1 N–H and O–H groups in total. The fourth-order valence-electron chi connectivity index (χ4n) is 2.54. The maximum absolute atomic E-state index is 13.1. The van der Waals surface area contributed by atoms with Crippen LogP contribution in [0.2, 0.25) is 0 Å². The molecule has 0 fully saturated rings. The monoisotopic (exact) mass is 330 g/mol. The zero-order valence-electron chi connectivity index (χ0n) is 13.6. The lowest BCUT2D eigenvalue weighted by molar-refractivity contribution is 0.444. The van der Waals surface area contributed by atoms with Crippen LogP contribution in [0.4, 0.5) is 4.39 Å². The maximum atomic E-state index is 13.1. The molecular formula is C19H23FN2S. The largest absolute Gasteiger partial charge is 0.355 e. The smallest absolute Gasteiger partial charge is 0.169 e. The van der Waals surface area contributed by atoms with Crippen LogP contribution in [0.1, 0.15) is 31.0 Å². The van der Waals surface area contributed by atoms with Crippen LogP contribution in [0.25, 0.3) is 0 Å². The van der Waals surface area contributed by atoms with Crippen molar-refractivity contribution in [2.24, 2.45) is 0 Å². The molecule has 23 heavy (non-hydrogen) atoms. The Morgan fingerprint density at radius 3 is 2.22 bits per heavy atom. The molecule has 2 nitrogen and oxygen atoms in total. The number of hydrogen-bond donors (Lipinski definition) is 1. The topological polar surface area (TPSA) is 15.3 Å². The first-order valence-corrected chi connectivity index (χ1v) is 8.39. The fraction of sp³-hybridized carbons (Fsp3) is 0.316. The van der Waals surface area contributed by atoms with Gasteiger partial charge in [-0.25, -0.2) is 4.39 Å². The van der Waals surface area contributed by atoms with Gasteiger partial charge in [0.1, 0.15) is 5.82 Å². The molecule has 0 aliphatic heterocycles. The molecule has 122 valence electrons. The van der Waals surface area contributed by atoms with E-state index in [9.17, 15) is 4.39 Å². The molecule has 4 heteroatoms. The molecule has 0 saturated carbocycles. The van der Waals surface area contributed by atoms with E-state index in [-0.39, 0.29) is 11.9 Å². The number of nitrogens with zero attached hydrogens (tertiary/aromatic N) is 1. The fourth-order valence-corrected chi connectivity index (χ4v) is 2.95. The molecule has 0 amide bonds. The SMILES string of the molecule is CCN(CC)C(=S)NC(Cc1ccc(F)cc1)c1ccccc1. The maximum Gasteiger partial charge on any atom is 0.169 e. The molecule has 1 atom stereocenters. The molecule has 0 bridgehead atoms. The first kappa shape index (κ1) is 17.4. The van der Waals surface area contributed by atoms with E-state index in [2.05, 4.69) is 36.2 Å². The standard InChI is InChI=1S/C19H23FN2S/c1-3-22(4-2)19(23)21-18(16-8-6-5-7-9-16)14-15-10-12-17(20)13-11-15/h5-13,18H,3-4,14H2,1-2H3,(H,21,23). The van der Waals surface area contributed by atoms with Gasteiger partial charge < -0.3 is 10.2 Å². The quantitative estimate of drug-likeness (QED) is 0.794. The highest BCUT2D eigenvalue weighted by molar-refractivity contribution is 7.80. The summed E-state index contributed by atoms with van der Waals surface area (Å²) < 4.78 is 13.1. The Kier molecular flexibility index (Phi) is 6.53. The summed E-state index contributed by atoms with van der Waals surface area (Å²) in [5.74, 6) is -0.211. The van der Waals surface area contributed by atoms with Crippen molar-refractivity contribution < 1.29 is 4.39 Å². The van der Waals surface area contributed by atoms with Crippen molar-refractivity contribution in [1.82, 2.24) is 10.2 Å². The van der Waals surface area contributed by atoms with Crippen LogP contribution in [0.15, 0.2) is 54.6 Å². The van der Waals surface area contributed by atoms with Gasteiger partial charge in [-0.15, -0.1) is 0 Å². The van der Waals surface area contributed by atoms with E-state index in [4.69, 9.17) is 12.2 Å². The first-order chi connectivity index (χ1) is 11.1. The van der Waals surface area contributed by atoms with Gasteiger partial charge >= 0.3 is 0 Å². The summed E-state index contributed by atoms with van der Waals surface area (Å²) in [6.45, 7) is 5.94. The van der Waals surface area contributed by atoms with Crippen molar-refractivity contribution in [3.63, 3.8) is 0 Å². The lowest BCUT2D eigenvalue weighted by atomic mass is 9.99. The minimum Gasteiger partial charge on any atom is -0.355 e. The van der Waals surface area contributed by atoms with E-state index >= 15 is 0 Å². The molecule has 0 heterocycles. The van der Waals surface area contributed by atoms with Crippen LogP contribution in [0, 0.1) is 5.82 Å². The highest BCUT2D eigenvalue weighted by Crippen LogP contribution is 2.19. The zero-order chi connectivity index (χ0) is 16.7. The van der Waals surface area contributed by atoms with Crippen molar-refractivity contribution in [3.8, 4) is 0 Å². The number of benzene rings is 2. The second-order valence-electron chi connectivity index (χ2n) is 5.42. The van der Waals surface area contributed by atoms with Crippen LogP contribution in [-0.2, 0) is 6.42 Å². The molecule has 0 saturated heterocycles. The van der Waals surface area contributed by atoms with E-state index in [1.807, 2.05) is 30.3 Å². The highest BCUT2D eigenvalue weighted by Gasteiger charge is 2.15. The molecule has 1 unspecified atom stereocenters. The van der Waals surface area contributed by atoms with Crippen molar-refractivity contribution in [2.75, 3.05) is 13.1 Å². The lowest BCUT2D eigenvalue weighted by Gasteiger charge is -2.28. The normalized spacial score (nSPS) is 11.8. The third-order valence-electron chi connectivity index (χ3n) is 3.90. The van der Waals surface area contributed by atoms with Crippen molar-refractivity contribution in [3.05, 3.63) is 71.5 Å². The summed E-state index contributed by atoms with van der Waals surface area (Å²) in [5.41, 5.74) is 2.25. The van der Waals surface area contributed by atoms with Crippen molar-refractivity contribution in [1.29, 1.82) is 0 Å². The molecule has 0 aliphatic carbocycles. The van der Waals surface area contributed by atoms with Gasteiger partial charge in [0.15, 0.2) is 5.11 Å². The first-order valence-electron chi connectivity index (χ1n) is 7.98. The number of nitrogens with one attached hydrogen (secondary N) is 1. The summed E-state index contributed by atoms with van der Waals surface area (Å²) in [6.07, 6.45) is 0.756. The lowest BCUT2D eigenvalue weighted by Crippen LogP contribution is -2.41. The molecule has 0 aromatic heterocycles. The predicted octanol–water partition coefficient (Wildman–Crippen LogP) is 4.33. The van der Waals surface area contributed by atoms with Gasteiger partial charge in [-0.2, -0.15) is 0 Å². The molecule has 0 spiro atoms. The van der Waals surface area contributed by atoms with Crippen molar-refractivity contribution >= 4 is 17.3 Å². The zero-order valence-corrected chi connectivity index (χ0v) is 14.4. The predicted molar refractivity (Wildman–Crippen MR) is 97.9 cm³/mol. The van der Waals surface area contributed by atoms with Crippen LogP contribution in [-0.4, -0.2) is 23.1 Å². The van der Waals surface area contributed by atoms with Crippen molar-refractivity contribution in [2.45, 2.75) is 26.3 Å². The number of rotatable bonds is 6. The Bertz CT molecular complexity index is 609. The Morgan fingerprint density at radius 1 is 1.04 bits per heavy atom. The third-order valence-corrected chi connectivity index (χ3v) is 4.28. The van der Waals surface area contributed by atoms with Gasteiger partial charge in [-0.1, -0.05) is 42.5 Å². The molecule has 2 aromatic carbocycles. The van der Waals surface area contributed by atoms with E-state index in [0.29, 0.717) is 0 Å². The summed E-state index contributed by atoms with van der Waals surface area (Å²) in [4.78, 5) is 2.12. The van der Waals surface area contributed by atoms with E-state index in [1.165, 1.54) is 17.7 Å². The van der Waals surface area contributed by atoms with Gasteiger partial charge in [-0.05, 0) is 55.7 Å². The summed E-state index contributed by atoms with van der Waals surface area (Å²) >= 11 is 5.54. The molecular weight excluding hydrogens is 307 g/mol. The van der Waals surface area contributed by atoms with Gasteiger partial charge in [0.05, 0.1) is 6.04 Å². The van der Waals surface area contributed by atoms with Crippen LogP contribution < -0.4 is 5.32 Å². The molecule has 0 radical (unpaired) electrons. The summed E-state index contributed by atoms with van der Waals surface area (Å²) in [5, 5.41) is 4.22. The Balaban J connectivity index is 2.18. The minimum atomic E-state index is -0.211. The Morgan fingerprint density at radius 2 is 1.65 bits per heavy atom. The number of thiocarbonyl (C=S) groups is 1. The van der Waals surface area contributed by atoms with Gasteiger partial charge in [0.25, 0.3) is 0 Å². The minimum absolute atomic E-state index is 0.0646. The Hall–Kier alpha value is -1.94. The van der Waals surface area contributed by atoms with E-state index in [0.717, 1.165) is 30.2 Å². The van der Waals surface area contributed by atoms with E-state index in [1.54, 1.807) is 0 Å². The van der Waals surface area contributed by atoms with Gasteiger partial charge in [0.2, 0.25) is 0 Å². The molecule has 0 aliphatic rings. The average molecular weight is 330 g/mol. The van der Waals surface area contributed by atoms with Crippen LogP contribution >= 0.6 is 12.2 Å². The van der Waals surface area contributed by atoms with Crippen LogP contribution in [0.5, 0.6) is 0 Å². The molecule has 2 aromatic rings. The summed E-state index contributed by atoms with van der Waals surface area (Å²) in [7, 11) is 0.